The number of aryl methyl sites for hydroxylation is 1. The first kappa shape index (κ1) is 11.4. The van der Waals surface area contributed by atoms with E-state index in [4.69, 9.17) is 4.74 Å². The van der Waals surface area contributed by atoms with Crippen LogP contribution in [0.4, 0.5) is 0 Å². The number of carbonyl (C=O) groups excluding carboxylic acids is 1. The van der Waals surface area contributed by atoms with Gasteiger partial charge in [-0.2, -0.15) is 0 Å². The minimum absolute atomic E-state index is 0.200. The zero-order valence-electron chi connectivity index (χ0n) is 9.67. The van der Waals surface area contributed by atoms with E-state index in [-0.39, 0.29) is 12.5 Å². The predicted octanol–water partition coefficient (Wildman–Crippen LogP) is 1.93. The van der Waals surface area contributed by atoms with E-state index < -0.39 is 0 Å². The Labute approximate surface area is 99.9 Å². The maximum Gasteiger partial charge on any atom is 0.326 e. The van der Waals surface area contributed by atoms with Crippen molar-refractivity contribution in [1.82, 2.24) is 9.55 Å². The second-order valence-corrected chi connectivity index (χ2v) is 3.88. The van der Waals surface area contributed by atoms with Gasteiger partial charge in [0.2, 0.25) is 0 Å². The van der Waals surface area contributed by atoms with Crippen LogP contribution in [0, 0.1) is 6.92 Å². The molecule has 2 aromatic rings. The number of imidazole rings is 1. The fraction of sp³-hybridized carbons (Fsp3) is 0.231. The van der Waals surface area contributed by atoms with Crippen molar-refractivity contribution in [1.29, 1.82) is 0 Å². The molecule has 1 aromatic heterocycles. The highest BCUT2D eigenvalue weighted by Crippen LogP contribution is 2.04. The molecule has 0 bridgehead atoms. The molecule has 0 N–H and O–H groups in total. The Hall–Kier alpha value is -2.10. The highest BCUT2D eigenvalue weighted by Gasteiger charge is 2.03. The summed E-state index contributed by atoms with van der Waals surface area (Å²) >= 11 is 0. The molecule has 17 heavy (non-hydrogen) atoms. The Balaban J connectivity index is 1.82. The van der Waals surface area contributed by atoms with Crippen LogP contribution in [-0.2, 0) is 22.7 Å². The molecule has 0 atom stereocenters. The summed E-state index contributed by atoms with van der Waals surface area (Å²) < 4.78 is 6.83. The van der Waals surface area contributed by atoms with E-state index in [2.05, 4.69) is 4.98 Å². The summed E-state index contributed by atoms with van der Waals surface area (Å²) in [6, 6.07) is 7.91. The van der Waals surface area contributed by atoms with Gasteiger partial charge in [-0.1, -0.05) is 29.8 Å². The highest BCUT2D eigenvalue weighted by molar-refractivity contribution is 5.69. The number of carbonyl (C=O) groups is 1. The van der Waals surface area contributed by atoms with Gasteiger partial charge in [-0.15, -0.1) is 0 Å². The molecule has 2 rings (SSSR count). The van der Waals surface area contributed by atoms with Crippen molar-refractivity contribution in [3.63, 3.8) is 0 Å². The van der Waals surface area contributed by atoms with E-state index >= 15 is 0 Å². The van der Waals surface area contributed by atoms with Gasteiger partial charge in [-0.25, -0.2) is 4.98 Å². The van der Waals surface area contributed by atoms with Gasteiger partial charge >= 0.3 is 5.97 Å². The third-order valence-electron chi connectivity index (χ3n) is 2.39. The molecule has 1 aromatic carbocycles. The van der Waals surface area contributed by atoms with Gasteiger partial charge in [0.25, 0.3) is 0 Å². The third kappa shape index (κ3) is 3.45. The van der Waals surface area contributed by atoms with E-state index in [1.54, 1.807) is 23.3 Å². The maximum absolute atomic E-state index is 11.5. The Morgan fingerprint density at radius 1 is 1.35 bits per heavy atom. The molecule has 4 nitrogen and oxygen atoms in total. The van der Waals surface area contributed by atoms with Gasteiger partial charge in [0.1, 0.15) is 13.2 Å². The summed E-state index contributed by atoms with van der Waals surface area (Å²) in [7, 11) is 0. The second-order valence-electron chi connectivity index (χ2n) is 3.88. The van der Waals surface area contributed by atoms with E-state index in [0.717, 1.165) is 5.56 Å². The number of rotatable bonds is 4. The van der Waals surface area contributed by atoms with Crippen molar-refractivity contribution in [2.75, 3.05) is 0 Å². The summed E-state index contributed by atoms with van der Waals surface area (Å²) in [6.45, 7) is 2.54. The number of nitrogens with zero attached hydrogens (tertiary/aromatic N) is 2. The Morgan fingerprint density at radius 2 is 2.12 bits per heavy atom. The first-order valence-electron chi connectivity index (χ1n) is 5.41. The summed E-state index contributed by atoms with van der Waals surface area (Å²) in [5.41, 5.74) is 2.19. The van der Waals surface area contributed by atoms with Crippen molar-refractivity contribution in [3.8, 4) is 0 Å². The molecule has 0 aliphatic heterocycles. The Bertz CT molecular complexity index is 475. The van der Waals surface area contributed by atoms with E-state index in [0.29, 0.717) is 6.61 Å². The summed E-state index contributed by atoms with van der Waals surface area (Å²) in [5.74, 6) is -0.261. The lowest BCUT2D eigenvalue weighted by Gasteiger charge is -2.05. The molecule has 1 heterocycles. The molecular formula is C13H14N2O2. The Kier molecular flexibility index (Phi) is 3.55. The fourth-order valence-corrected chi connectivity index (χ4v) is 1.42. The molecule has 0 saturated heterocycles. The Morgan fingerprint density at radius 3 is 2.76 bits per heavy atom. The van der Waals surface area contributed by atoms with Gasteiger partial charge in [-0.3, -0.25) is 4.79 Å². The van der Waals surface area contributed by atoms with Gasteiger partial charge in [0, 0.05) is 12.4 Å². The average molecular weight is 230 g/mol. The van der Waals surface area contributed by atoms with Crippen LogP contribution in [0.25, 0.3) is 0 Å². The molecule has 4 heteroatoms. The standard InChI is InChI=1S/C13H14N2O2/c1-11-2-4-12(5-3-11)9-17-13(16)8-15-7-6-14-10-15/h2-7,10H,8-9H2,1H3. The highest BCUT2D eigenvalue weighted by atomic mass is 16.5. The van der Waals surface area contributed by atoms with Gasteiger partial charge in [-0.05, 0) is 12.5 Å². The molecule has 0 unspecified atom stereocenters. The van der Waals surface area contributed by atoms with Crippen LogP contribution in [0.3, 0.4) is 0 Å². The summed E-state index contributed by atoms with van der Waals surface area (Å²) in [6.07, 6.45) is 4.95. The summed E-state index contributed by atoms with van der Waals surface area (Å²) in [4.78, 5) is 15.3. The minimum atomic E-state index is -0.261. The van der Waals surface area contributed by atoms with Gasteiger partial charge in [0.15, 0.2) is 0 Å². The van der Waals surface area contributed by atoms with Crippen molar-refractivity contribution < 1.29 is 9.53 Å². The SMILES string of the molecule is Cc1ccc(COC(=O)Cn2ccnc2)cc1. The maximum atomic E-state index is 11.5. The number of hydrogen-bond acceptors (Lipinski definition) is 3. The molecule has 88 valence electrons. The minimum Gasteiger partial charge on any atom is -0.459 e. The van der Waals surface area contributed by atoms with E-state index in [1.807, 2.05) is 31.2 Å². The fourth-order valence-electron chi connectivity index (χ4n) is 1.42. The molecule has 0 radical (unpaired) electrons. The van der Waals surface area contributed by atoms with Gasteiger partial charge < -0.3 is 9.30 Å². The summed E-state index contributed by atoms with van der Waals surface area (Å²) in [5, 5.41) is 0. The lowest BCUT2D eigenvalue weighted by Crippen LogP contribution is -2.12. The smallest absolute Gasteiger partial charge is 0.326 e. The van der Waals surface area contributed by atoms with Crippen molar-refractivity contribution in [2.45, 2.75) is 20.1 Å². The molecule has 0 spiro atoms. The largest absolute Gasteiger partial charge is 0.459 e. The molecule has 0 aliphatic carbocycles. The van der Waals surface area contributed by atoms with Crippen molar-refractivity contribution in [2.24, 2.45) is 0 Å². The normalized spacial score (nSPS) is 10.2. The van der Waals surface area contributed by atoms with E-state index in [1.165, 1.54) is 5.56 Å². The number of aromatic nitrogens is 2. The number of ether oxygens (including phenoxy) is 1. The number of benzene rings is 1. The first-order valence-corrected chi connectivity index (χ1v) is 5.41. The quantitative estimate of drug-likeness (QED) is 0.754. The van der Waals surface area contributed by atoms with Crippen LogP contribution in [-0.4, -0.2) is 15.5 Å². The van der Waals surface area contributed by atoms with Crippen LogP contribution < -0.4 is 0 Å². The second kappa shape index (κ2) is 5.30. The molecule has 0 fully saturated rings. The molecule has 0 amide bonds. The molecule has 0 aliphatic rings. The van der Waals surface area contributed by atoms with Crippen molar-refractivity contribution in [3.05, 3.63) is 54.1 Å². The van der Waals surface area contributed by atoms with Crippen LogP contribution >= 0.6 is 0 Å². The van der Waals surface area contributed by atoms with Crippen LogP contribution in [0.5, 0.6) is 0 Å². The zero-order valence-corrected chi connectivity index (χ0v) is 9.67. The van der Waals surface area contributed by atoms with Crippen LogP contribution in [0.1, 0.15) is 11.1 Å². The van der Waals surface area contributed by atoms with Crippen LogP contribution in [0.2, 0.25) is 0 Å². The first-order chi connectivity index (χ1) is 8.24. The predicted molar refractivity (Wildman–Crippen MR) is 63.2 cm³/mol. The molecule has 0 saturated carbocycles. The number of hydrogen-bond donors (Lipinski definition) is 0. The lowest BCUT2D eigenvalue weighted by atomic mass is 10.2. The monoisotopic (exact) mass is 230 g/mol. The average Bonchev–Trinajstić information content (AvgIpc) is 2.81. The number of esters is 1. The zero-order chi connectivity index (χ0) is 12.1. The third-order valence-corrected chi connectivity index (χ3v) is 2.39. The topological polar surface area (TPSA) is 44.1 Å². The van der Waals surface area contributed by atoms with Gasteiger partial charge in [0.05, 0.1) is 6.33 Å². The van der Waals surface area contributed by atoms with E-state index in [9.17, 15) is 4.79 Å². The van der Waals surface area contributed by atoms with Crippen LogP contribution in [0.15, 0.2) is 43.0 Å². The molecular weight excluding hydrogens is 216 g/mol. The van der Waals surface area contributed by atoms with Crippen molar-refractivity contribution >= 4 is 5.97 Å². The lowest BCUT2D eigenvalue weighted by molar-refractivity contribution is -0.145.